The van der Waals surface area contributed by atoms with E-state index in [1.54, 1.807) is 0 Å². The summed E-state index contributed by atoms with van der Waals surface area (Å²) in [4.78, 5) is 11.2. The molecule has 0 amide bonds. The lowest BCUT2D eigenvalue weighted by molar-refractivity contribution is -0.142. The van der Waals surface area contributed by atoms with Gasteiger partial charge in [-0.15, -0.1) is 0 Å². The van der Waals surface area contributed by atoms with Crippen LogP contribution in [-0.4, -0.2) is 19.7 Å². The van der Waals surface area contributed by atoms with E-state index in [1.165, 1.54) is 42.2 Å². The fourth-order valence-electron chi connectivity index (χ4n) is 4.03. The van der Waals surface area contributed by atoms with Crippen molar-refractivity contribution in [2.75, 3.05) is 13.7 Å². The molecule has 1 aliphatic rings. The number of carbonyl (C=O) groups excluding carboxylic acids is 1. The molecule has 0 unspecified atom stereocenters. The van der Waals surface area contributed by atoms with Crippen LogP contribution in [0.4, 0.5) is 0 Å². The molecule has 0 saturated carbocycles. The van der Waals surface area contributed by atoms with E-state index in [2.05, 4.69) is 63.6 Å². The van der Waals surface area contributed by atoms with Gasteiger partial charge in [0, 0.05) is 0 Å². The molecule has 0 bridgehead atoms. The van der Waals surface area contributed by atoms with Crippen LogP contribution in [0.25, 0.3) is 11.6 Å². The number of ether oxygens (including phenoxy) is 2. The largest absolute Gasteiger partial charge is 0.482 e. The van der Waals surface area contributed by atoms with Crippen molar-refractivity contribution < 1.29 is 14.3 Å². The summed E-state index contributed by atoms with van der Waals surface area (Å²) in [7, 11) is 1.35. The maximum absolute atomic E-state index is 11.2. The Kier molecular flexibility index (Phi) is 5.88. The molecular weight excluding hydrogens is 360 g/mol. The summed E-state index contributed by atoms with van der Waals surface area (Å²) in [5.74, 6) is 0.270. The normalized spacial score (nSPS) is 17.4. The number of carbonyl (C=O) groups is 1. The van der Waals surface area contributed by atoms with E-state index >= 15 is 0 Å². The zero-order valence-corrected chi connectivity index (χ0v) is 18.5. The molecule has 2 aromatic carbocycles. The van der Waals surface area contributed by atoms with Crippen molar-refractivity contribution in [1.29, 1.82) is 0 Å². The van der Waals surface area contributed by atoms with Crippen molar-refractivity contribution >= 4 is 17.6 Å². The first-order valence-corrected chi connectivity index (χ1v) is 10.3. The number of esters is 1. The Bertz CT molecular complexity index is 917. The van der Waals surface area contributed by atoms with Crippen molar-refractivity contribution in [3.05, 3.63) is 64.7 Å². The minimum absolute atomic E-state index is 0.0774. The predicted octanol–water partition coefficient (Wildman–Crippen LogP) is 6.15. The Labute approximate surface area is 174 Å². The number of fused-ring (bicyclic) bond motifs is 1. The first-order valence-electron chi connectivity index (χ1n) is 10.3. The van der Waals surface area contributed by atoms with Crippen molar-refractivity contribution in [3.63, 3.8) is 0 Å². The van der Waals surface area contributed by atoms with E-state index in [0.29, 0.717) is 5.75 Å². The van der Waals surface area contributed by atoms with Crippen LogP contribution in [0.15, 0.2) is 42.5 Å². The standard InChI is InChI=1S/C26H32O3/c1-18(15-19-7-10-21(11-8-19)29-17-24(27)28-6)20-9-12-22-23(16-20)26(4,5)14-13-25(22,2)3/h7-12,15-16H,13-14,17H2,1-6H3. The fraction of sp³-hybridized carbons (Fsp3) is 0.423. The van der Waals surface area contributed by atoms with Crippen LogP contribution in [-0.2, 0) is 20.4 Å². The summed E-state index contributed by atoms with van der Waals surface area (Å²) in [5, 5.41) is 0. The van der Waals surface area contributed by atoms with Gasteiger partial charge in [0.15, 0.2) is 6.61 Å². The fourth-order valence-corrected chi connectivity index (χ4v) is 4.03. The van der Waals surface area contributed by atoms with Crippen LogP contribution in [0.1, 0.15) is 69.7 Å². The maximum atomic E-state index is 11.2. The first-order chi connectivity index (χ1) is 13.6. The summed E-state index contributed by atoms with van der Waals surface area (Å²) in [6.07, 6.45) is 4.63. The van der Waals surface area contributed by atoms with E-state index in [-0.39, 0.29) is 23.4 Å². The number of rotatable bonds is 5. The Morgan fingerprint density at radius 2 is 1.59 bits per heavy atom. The van der Waals surface area contributed by atoms with Gasteiger partial charge in [-0.2, -0.15) is 0 Å². The summed E-state index contributed by atoms with van der Waals surface area (Å²) >= 11 is 0. The third kappa shape index (κ3) is 4.72. The van der Waals surface area contributed by atoms with E-state index in [4.69, 9.17) is 4.74 Å². The zero-order valence-electron chi connectivity index (χ0n) is 18.5. The molecule has 0 spiro atoms. The maximum Gasteiger partial charge on any atom is 0.343 e. The van der Waals surface area contributed by atoms with Gasteiger partial charge < -0.3 is 9.47 Å². The zero-order chi connectivity index (χ0) is 21.2. The average molecular weight is 393 g/mol. The highest BCUT2D eigenvalue weighted by Crippen LogP contribution is 2.46. The third-order valence-corrected chi connectivity index (χ3v) is 6.16. The van der Waals surface area contributed by atoms with Crippen LogP contribution >= 0.6 is 0 Å². The van der Waals surface area contributed by atoms with Crippen LogP contribution in [0.3, 0.4) is 0 Å². The summed E-state index contributed by atoms with van der Waals surface area (Å²) in [6, 6.07) is 14.7. The lowest BCUT2D eigenvalue weighted by atomic mass is 9.63. The van der Waals surface area contributed by atoms with Crippen molar-refractivity contribution in [1.82, 2.24) is 0 Å². The van der Waals surface area contributed by atoms with Crippen molar-refractivity contribution in [2.24, 2.45) is 0 Å². The topological polar surface area (TPSA) is 35.5 Å². The highest BCUT2D eigenvalue weighted by atomic mass is 16.6. The van der Waals surface area contributed by atoms with Gasteiger partial charge in [0.25, 0.3) is 0 Å². The molecule has 0 saturated heterocycles. The lowest BCUT2D eigenvalue weighted by Crippen LogP contribution is -2.33. The van der Waals surface area contributed by atoms with Crippen molar-refractivity contribution in [2.45, 2.75) is 58.3 Å². The van der Waals surface area contributed by atoms with Gasteiger partial charge in [-0.05, 0) is 70.6 Å². The minimum atomic E-state index is -0.386. The molecule has 0 aromatic heterocycles. The lowest BCUT2D eigenvalue weighted by Gasteiger charge is -2.42. The molecule has 3 nitrogen and oxygen atoms in total. The van der Waals surface area contributed by atoms with Gasteiger partial charge >= 0.3 is 5.97 Å². The molecule has 1 aliphatic carbocycles. The molecule has 0 atom stereocenters. The van der Waals surface area contributed by atoms with Crippen LogP contribution in [0.2, 0.25) is 0 Å². The highest BCUT2D eigenvalue weighted by molar-refractivity contribution is 5.81. The number of benzene rings is 2. The molecule has 0 heterocycles. The molecule has 0 N–H and O–H groups in total. The van der Waals surface area contributed by atoms with Gasteiger partial charge in [-0.1, -0.05) is 64.1 Å². The van der Waals surface area contributed by atoms with Crippen LogP contribution < -0.4 is 4.74 Å². The first kappa shape index (κ1) is 21.2. The average Bonchev–Trinajstić information content (AvgIpc) is 2.70. The number of hydrogen-bond donors (Lipinski definition) is 0. The number of allylic oxidation sites excluding steroid dienone is 1. The molecular formula is C26H32O3. The molecule has 154 valence electrons. The third-order valence-electron chi connectivity index (χ3n) is 6.16. The molecule has 2 aromatic rings. The molecule has 0 radical (unpaired) electrons. The summed E-state index contributed by atoms with van der Waals surface area (Å²) in [5.41, 5.74) is 7.00. The van der Waals surface area contributed by atoms with E-state index in [9.17, 15) is 4.79 Å². The molecule has 0 aliphatic heterocycles. The Morgan fingerprint density at radius 3 is 2.21 bits per heavy atom. The predicted molar refractivity (Wildman–Crippen MR) is 119 cm³/mol. The molecule has 29 heavy (non-hydrogen) atoms. The molecule has 3 rings (SSSR count). The van der Waals surface area contributed by atoms with Gasteiger partial charge in [0.1, 0.15) is 5.75 Å². The number of hydrogen-bond acceptors (Lipinski definition) is 3. The van der Waals surface area contributed by atoms with Crippen molar-refractivity contribution in [3.8, 4) is 5.75 Å². The number of methoxy groups -OCH3 is 1. The minimum Gasteiger partial charge on any atom is -0.482 e. The van der Waals surface area contributed by atoms with E-state index in [0.717, 1.165) is 5.56 Å². The summed E-state index contributed by atoms with van der Waals surface area (Å²) in [6.45, 7) is 11.5. The van der Waals surface area contributed by atoms with Crippen LogP contribution in [0, 0.1) is 0 Å². The van der Waals surface area contributed by atoms with Gasteiger partial charge in [-0.25, -0.2) is 4.79 Å². The second-order valence-corrected chi connectivity index (χ2v) is 9.29. The highest BCUT2D eigenvalue weighted by Gasteiger charge is 2.36. The Hall–Kier alpha value is -2.55. The van der Waals surface area contributed by atoms with Gasteiger partial charge in [-0.3, -0.25) is 0 Å². The Morgan fingerprint density at radius 1 is 0.966 bits per heavy atom. The quantitative estimate of drug-likeness (QED) is 0.452. The smallest absolute Gasteiger partial charge is 0.343 e. The van der Waals surface area contributed by atoms with Gasteiger partial charge in [0.2, 0.25) is 0 Å². The van der Waals surface area contributed by atoms with E-state index < -0.39 is 0 Å². The molecule has 0 fully saturated rings. The van der Waals surface area contributed by atoms with Gasteiger partial charge in [0.05, 0.1) is 7.11 Å². The second kappa shape index (κ2) is 8.06. The Balaban J connectivity index is 1.82. The summed E-state index contributed by atoms with van der Waals surface area (Å²) < 4.78 is 10.0. The van der Waals surface area contributed by atoms with E-state index in [1.807, 2.05) is 24.3 Å². The monoisotopic (exact) mass is 392 g/mol. The molecule has 3 heteroatoms. The van der Waals surface area contributed by atoms with Crippen LogP contribution in [0.5, 0.6) is 5.75 Å². The SMILES string of the molecule is COC(=O)COc1ccc(C=C(C)c2ccc3c(c2)C(C)(C)CCC3(C)C)cc1. The second-order valence-electron chi connectivity index (χ2n) is 9.29.